The highest BCUT2D eigenvalue weighted by molar-refractivity contribution is 5.94. The van der Waals surface area contributed by atoms with Gasteiger partial charge in [-0.05, 0) is 56.4 Å². The molecule has 0 fully saturated rings. The molecule has 1 aromatic heterocycles. The Labute approximate surface area is 175 Å². The van der Waals surface area contributed by atoms with Gasteiger partial charge in [-0.3, -0.25) is 4.79 Å². The van der Waals surface area contributed by atoms with E-state index in [0.29, 0.717) is 24.5 Å². The topological polar surface area (TPSA) is 56.1 Å². The summed E-state index contributed by atoms with van der Waals surface area (Å²) >= 11 is 0. The van der Waals surface area contributed by atoms with Gasteiger partial charge in [0.1, 0.15) is 11.5 Å². The molecule has 4 rings (SSSR count). The predicted molar refractivity (Wildman–Crippen MR) is 113 cm³/mol. The minimum atomic E-state index is -0.347. The van der Waals surface area contributed by atoms with Gasteiger partial charge in [0.15, 0.2) is 5.69 Å². The average molecular weight is 407 g/mol. The molecule has 1 aliphatic carbocycles. The summed E-state index contributed by atoms with van der Waals surface area (Å²) in [6, 6.07) is 14.4. The van der Waals surface area contributed by atoms with Gasteiger partial charge < -0.3 is 10.1 Å². The van der Waals surface area contributed by atoms with Crippen molar-refractivity contribution in [3.8, 4) is 5.69 Å². The molecular weight excluding hydrogens is 381 g/mol. The van der Waals surface area contributed by atoms with E-state index in [0.717, 1.165) is 41.6 Å². The first-order chi connectivity index (χ1) is 14.5. The van der Waals surface area contributed by atoms with Gasteiger partial charge in [-0.15, -0.1) is 0 Å². The molecule has 1 N–H and O–H groups in total. The number of amides is 1. The first-order valence-corrected chi connectivity index (χ1v) is 10.4. The summed E-state index contributed by atoms with van der Waals surface area (Å²) in [7, 11) is 0. The second-order valence-electron chi connectivity index (χ2n) is 7.80. The Balaban J connectivity index is 1.55. The standard InChI is InChI=1S/C24H26FN3O2/c1-16(2)30-15-18-9-4-3-8-17(18)14-26-24(29)23-19-10-7-13-21(19)28(27-23)22-12-6-5-11-20(22)25/h3-6,8-9,11-12,16H,7,10,13-15H2,1-2H3,(H,26,29). The van der Waals surface area contributed by atoms with E-state index in [1.807, 2.05) is 38.1 Å². The van der Waals surface area contributed by atoms with Gasteiger partial charge >= 0.3 is 0 Å². The van der Waals surface area contributed by atoms with Gasteiger partial charge in [0.05, 0.1) is 12.7 Å². The van der Waals surface area contributed by atoms with Crippen LogP contribution < -0.4 is 5.32 Å². The third-order valence-corrected chi connectivity index (χ3v) is 5.36. The van der Waals surface area contributed by atoms with E-state index in [9.17, 15) is 9.18 Å². The van der Waals surface area contributed by atoms with Crippen LogP contribution in [0.25, 0.3) is 5.69 Å². The fraction of sp³-hybridized carbons (Fsp3) is 0.333. The van der Waals surface area contributed by atoms with E-state index >= 15 is 0 Å². The van der Waals surface area contributed by atoms with Crippen molar-refractivity contribution in [1.82, 2.24) is 15.1 Å². The lowest BCUT2D eigenvalue weighted by atomic mass is 10.1. The molecule has 2 aromatic carbocycles. The molecule has 0 atom stereocenters. The molecule has 1 heterocycles. The number of rotatable bonds is 7. The van der Waals surface area contributed by atoms with Crippen molar-refractivity contribution in [3.63, 3.8) is 0 Å². The van der Waals surface area contributed by atoms with Crippen molar-refractivity contribution < 1.29 is 13.9 Å². The number of benzene rings is 2. The molecule has 0 saturated carbocycles. The number of fused-ring (bicyclic) bond motifs is 1. The Hall–Kier alpha value is -2.99. The number of nitrogens with one attached hydrogen (secondary N) is 1. The second kappa shape index (κ2) is 8.79. The molecule has 1 amide bonds. The summed E-state index contributed by atoms with van der Waals surface area (Å²) in [6.45, 7) is 4.88. The summed E-state index contributed by atoms with van der Waals surface area (Å²) < 4.78 is 21.6. The largest absolute Gasteiger partial charge is 0.374 e. The third-order valence-electron chi connectivity index (χ3n) is 5.36. The molecule has 0 aliphatic heterocycles. The maximum atomic E-state index is 14.3. The Bertz CT molecular complexity index is 1060. The van der Waals surface area contributed by atoms with Crippen LogP contribution in [0.1, 0.15) is 53.1 Å². The Morgan fingerprint density at radius 3 is 2.63 bits per heavy atom. The van der Waals surface area contributed by atoms with Crippen molar-refractivity contribution in [2.75, 3.05) is 0 Å². The third kappa shape index (κ3) is 4.14. The lowest BCUT2D eigenvalue weighted by molar-refractivity contribution is 0.0651. The van der Waals surface area contributed by atoms with Gasteiger partial charge in [0.25, 0.3) is 5.91 Å². The summed E-state index contributed by atoms with van der Waals surface area (Å²) in [5, 5.41) is 7.49. The van der Waals surface area contributed by atoms with E-state index < -0.39 is 0 Å². The van der Waals surface area contributed by atoms with Crippen LogP contribution in [0.2, 0.25) is 0 Å². The van der Waals surface area contributed by atoms with E-state index in [-0.39, 0.29) is 17.8 Å². The minimum Gasteiger partial charge on any atom is -0.374 e. The van der Waals surface area contributed by atoms with Gasteiger partial charge in [0, 0.05) is 17.8 Å². The lowest BCUT2D eigenvalue weighted by Gasteiger charge is -2.12. The molecule has 156 valence electrons. The smallest absolute Gasteiger partial charge is 0.272 e. The van der Waals surface area contributed by atoms with E-state index in [1.54, 1.807) is 22.9 Å². The number of halogens is 1. The minimum absolute atomic E-state index is 0.137. The van der Waals surface area contributed by atoms with Crippen LogP contribution in [0.4, 0.5) is 4.39 Å². The van der Waals surface area contributed by atoms with Crippen molar-refractivity contribution in [1.29, 1.82) is 0 Å². The van der Waals surface area contributed by atoms with Crippen LogP contribution in [-0.4, -0.2) is 21.8 Å². The van der Waals surface area contributed by atoms with Gasteiger partial charge in [-0.25, -0.2) is 9.07 Å². The summed E-state index contributed by atoms with van der Waals surface area (Å²) in [6.07, 6.45) is 2.65. The number of aromatic nitrogens is 2. The van der Waals surface area contributed by atoms with Crippen LogP contribution in [0.5, 0.6) is 0 Å². The predicted octanol–water partition coefficient (Wildman–Crippen LogP) is 4.36. The molecule has 30 heavy (non-hydrogen) atoms. The first kappa shape index (κ1) is 20.3. The van der Waals surface area contributed by atoms with Crippen molar-refractivity contribution in [3.05, 3.63) is 82.4 Å². The Morgan fingerprint density at radius 2 is 1.87 bits per heavy atom. The number of hydrogen-bond acceptors (Lipinski definition) is 3. The highest BCUT2D eigenvalue weighted by Crippen LogP contribution is 2.28. The molecule has 0 bridgehead atoms. The molecule has 0 radical (unpaired) electrons. The lowest BCUT2D eigenvalue weighted by Crippen LogP contribution is -2.25. The van der Waals surface area contributed by atoms with Crippen molar-refractivity contribution >= 4 is 5.91 Å². The number of para-hydroxylation sites is 1. The molecular formula is C24H26FN3O2. The fourth-order valence-corrected chi connectivity index (χ4v) is 3.83. The van der Waals surface area contributed by atoms with Gasteiger partial charge in [-0.1, -0.05) is 36.4 Å². The maximum absolute atomic E-state index is 14.3. The summed E-state index contributed by atoms with van der Waals surface area (Å²) in [5.41, 5.74) is 4.68. The highest BCUT2D eigenvalue weighted by Gasteiger charge is 2.27. The Morgan fingerprint density at radius 1 is 1.13 bits per heavy atom. The maximum Gasteiger partial charge on any atom is 0.272 e. The Kier molecular flexibility index (Phi) is 5.95. The number of carbonyl (C=O) groups is 1. The number of carbonyl (C=O) groups excluding carboxylic acids is 1. The zero-order valence-corrected chi connectivity index (χ0v) is 17.3. The van der Waals surface area contributed by atoms with Crippen LogP contribution in [-0.2, 0) is 30.7 Å². The second-order valence-corrected chi connectivity index (χ2v) is 7.80. The molecule has 1 aliphatic rings. The zero-order chi connectivity index (χ0) is 21.1. The number of hydrogen-bond donors (Lipinski definition) is 1. The summed E-state index contributed by atoms with van der Waals surface area (Å²) in [4.78, 5) is 13.0. The molecule has 5 nitrogen and oxygen atoms in total. The van der Waals surface area contributed by atoms with Gasteiger partial charge in [-0.2, -0.15) is 5.10 Å². The average Bonchev–Trinajstić information content (AvgIpc) is 3.34. The fourth-order valence-electron chi connectivity index (χ4n) is 3.83. The highest BCUT2D eigenvalue weighted by atomic mass is 19.1. The van der Waals surface area contributed by atoms with Crippen molar-refractivity contribution in [2.45, 2.75) is 52.4 Å². The zero-order valence-electron chi connectivity index (χ0n) is 17.3. The summed E-state index contributed by atoms with van der Waals surface area (Å²) in [5.74, 6) is -0.580. The number of ether oxygens (including phenoxy) is 1. The number of nitrogens with zero attached hydrogens (tertiary/aromatic N) is 2. The molecule has 0 unspecified atom stereocenters. The van der Waals surface area contributed by atoms with Crippen LogP contribution in [0.3, 0.4) is 0 Å². The molecule has 6 heteroatoms. The van der Waals surface area contributed by atoms with E-state index in [1.165, 1.54) is 6.07 Å². The van der Waals surface area contributed by atoms with Gasteiger partial charge in [0.2, 0.25) is 0 Å². The normalized spacial score (nSPS) is 12.9. The molecule has 0 saturated heterocycles. The first-order valence-electron chi connectivity index (χ1n) is 10.4. The van der Waals surface area contributed by atoms with Crippen LogP contribution in [0, 0.1) is 5.82 Å². The van der Waals surface area contributed by atoms with Crippen molar-refractivity contribution in [2.24, 2.45) is 0 Å². The van der Waals surface area contributed by atoms with E-state index in [2.05, 4.69) is 10.4 Å². The molecule has 3 aromatic rings. The molecule has 0 spiro atoms. The van der Waals surface area contributed by atoms with E-state index in [4.69, 9.17) is 4.74 Å². The van der Waals surface area contributed by atoms with Crippen LogP contribution >= 0.6 is 0 Å². The van der Waals surface area contributed by atoms with Crippen LogP contribution in [0.15, 0.2) is 48.5 Å². The SMILES string of the molecule is CC(C)OCc1ccccc1CNC(=O)c1nn(-c2ccccc2F)c2c1CCC2. The monoisotopic (exact) mass is 407 g/mol. The quantitative estimate of drug-likeness (QED) is 0.633.